The van der Waals surface area contributed by atoms with E-state index in [9.17, 15) is 13.2 Å². The van der Waals surface area contributed by atoms with Gasteiger partial charge in [0.15, 0.2) is 0 Å². The van der Waals surface area contributed by atoms with Gasteiger partial charge < -0.3 is 10.2 Å². The molecule has 6 nitrogen and oxygen atoms in total. The molecule has 0 aliphatic rings. The van der Waals surface area contributed by atoms with Crippen molar-refractivity contribution in [1.29, 1.82) is 0 Å². The number of hydrogen-bond acceptors (Lipinski definition) is 4. The number of likely N-dealkylation sites (N-methyl/N-ethyl adjacent to an activating group) is 1. The van der Waals surface area contributed by atoms with E-state index in [1.165, 1.54) is 4.31 Å². The average molecular weight is 376 g/mol. The standard InChI is InChI=1S/C16H26ClN3O3S/c1-13-14(17)7-5-8-15(13)20(24(4,22)23)11-6-9-16(21)18-10-12-19(2)3/h5,7-8H,6,9-12H2,1-4H3,(H,18,21). The van der Waals surface area contributed by atoms with Crippen LogP contribution in [0.2, 0.25) is 5.02 Å². The second-order valence-electron chi connectivity index (χ2n) is 5.98. The van der Waals surface area contributed by atoms with Crippen molar-refractivity contribution in [3.63, 3.8) is 0 Å². The zero-order chi connectivity index (χ0) is 18.3. The Morgan fingerprint density at radius 2 is 1.92 bits per heavy atom. The van der Waals surface area contributed by atoms with Crippen LogP contribution in [0.15, 0.2) is 18.2 Å². The first-order valence-corrected chi connectivity index (χ1v) is 10.00. The van der Waals surface area contributed by atoms with Gasteiger partial charge in [-0.15, -0.1) is 0 Å². The molecule has 0 aromatic heterocycles. The molecule has 0 heterocycles. The number of rotatable bonds is 9. The molecule has 0 saturated carbocycles. The lowest BCUT2D eigenvalue weighted by molar-refractivity contribution is -0.121. The predicted molar refractivity (Wildman–Crippen MR) is 99.2 cm³/mol. The van der Waals surface area contributed by atoms with Crippen LogP contribution in [0.5, 0.6) is 0 Å². The fourth-order valence-electron chi connectivity index (χ4n) is 2.22. The van der Waals surface area contributed by atoms with E-state index in [0.29, 0.717) is 29.2 Å². The van der Waals surface area contributed by atoms with Crippen LogP contribution in [-0.4, -0.2) is 59.2 Å². The molecule has 0 spiro atoms. The fourth-order valence-corrected chi connectivity index (χ4v) is 3.41. The molecule has 0 radical (unpaired) electrons. The van der Waals surface area contributed by atoms with Crippen molar-refractivity contribution in [3.8, 4) is 0 Å². The van der Waals surface area contributed by atoms with E-state index < -0.39 is 10.0 Å². The maximum Gasteiger partial charge on any atom is 0.232 e. The van der Waals surface area contributed by atoms with E-state index >= 15 is 0 Å². The number of carbonyl (C=O) groups is 1. The summed E-state index contributed by atoms with van der Waals surface area (Å²) in [7, 11) is 0.421. The minimum Gasteiger partial charge on any atom is -0.355 e. The first kappa shape index (κ1) is 20.7. The maximum absolute atomic E-state index is 12.1. The maximum atomic E-state index is 12.1. The van der Waals surface area contributed by atoms with Gasteiger partial charge in [-0.25, -0.2) is 8.42 Å². The molecule has 1 amide bonds. The summed E-state index contributed by atoms with van der Waals surface area (Å²) in [6, 6.07) is 5.16. The van der Waals surface area contributed by atoms with E-state index in [2.05, 4.69) is 5.32 Å². The molecule has 1 aromatic carbocycles. The van der Waals surface area contributed by atoms with Crippen LogP contribution in [0.1, 0.15) is 18.4 Å². The molecule has 0 aliphatic carbocycles. The summed E-state index contributed by atoms with van der Waals surface area (Å²) >= 11 is 6.09. The molecule has 1 aromatic rings. The minimum atomic E-state index is -3.45. The van der Waals surface area contributed by atoms with Gasteiger partial charge in [0, 0.05) is 31.1 Å². The van der Waals surface area contributed by atoms with Crippen LogP contribution in [0.4, 0.5) is 5.69 Å². The SMILES string of the molecule is Cc1c(Cl)cccc1N(CCCC(=O)NCCN(C)C)S(C)(=O)=O. The van der Waals surface area contributed by atoms with E-state index in [1.54, 1.807) is 25.1 Å². The molecule has 0 unspecified atom stereocenters. The Bertz CT molecular complexity index is 663. The van der Waals surface area contributed by atoms with Gasteiger partial charge >= 0.3 is 0 Å². The highest BCUT2D eigenvalue weighted by Gasteiger charge is 2.20. The van der Waals surface area contributed by atoms with Gasteiger partial charge in [0.05, 0.1) is 11.9 Å². The monoisotopic (exact) mass is 375 g/mol. The molecule has 1 N–H and O–H groups in total. The number of nitrogens with zero attached hydrogens (tertiary/aromatic N) is 2. The van der Waals surface area contributed by atoms with Crippen molar-refractivity contribution in [2.75, 3.05) is 44.3 Å². The molecule has 0 atom stereocenters. The lowest BCUT2D eigenvalue weighted by Gasteiger charge is -2.24. The van der Waals surface area contributed by atoms with Gasteiger partial charge in [0.25, 0.3) is 0 Å². The smallest absolute Gasteiger partial charge is 0.232 e. The Morgan fingerprint density at radius 1 is 1.25 bits per heavy atom. The number of benzene rings is 1. The summed E-state index contributed by atoms with van der Waals surface area (Å²) in [6.45, 7) is 3.36. The highest BCUT2D eigenvalue weighted by Crippen LogP contribution is 2.28. The molecule has 136 valence electrons. The van der Waals surface area contributed by atoms with Crippen molar-refractivity contribution < 1.29 is 13.2 Å². The molecular formula is C16H26ClN3O3S. The van der Waals surface area contributed by atoms with Gasteiger partial charge in [0.1, 0.15) is 0 Å². The molecule has 0 bridgehead atoms. The Kier molecular flexibility index (Phi) is 7.99. The average Bonchev–Trinajstić information content (AvgIpc) is 2.45. The van der Waals surface area contributed by atoms with Gasteiger partial charge in [0.2, 0.25) is 15.9 Å². The highest BCUT2D eigenvalue weighted by atomic mass is 35.5. The second kappa shape index (κ2) is 9.25. The minimum absolute atomic E-state index is 0.0758. The van der Waals surface area contributed by atoms with Crippen LogP contribution in [0, 0.1) is 6.92 Å². The summed E-state index contributed by atoms with van der Waals surface area (Å²) in [5.41, 5.74) is 1.26. The highest BCUT2D eigenvalue weighted by molar-refractivity contribution is 7.92. The van der Waals surface area contributed by atoms with E-state index in [-0.39, 0.29) is 18.9 Å². The van der Waals surface area contributed by atoms with Crippen molar-refractivity contribution in [3.05, 3.63) is 28.8 Å². The number of hydrogen-bond donors (Lipinski definition) is 1. The van der Waals surface area contributed by atoms with Gasteiger partial charge in [-0.3, -0.25) is 9.10 Å². The molecule has 0 aliphatic heterocycles. The number of sulfonamides is 1. The zero-order valence-corrected chi connectivity index (χ0v) is 16.2. The number of halogens is 1. The molecule has 1 rings (SSSR count). The van der Waals surface area contributed by atoms with Crippen molar-refractivity contribution >= 4 is 33.2 Å². The zero-order valence-electron chi connectivity index (χ0n) is 14.7. The van der Waals surface area contributed by atoms with E-state index in [1.807, 2.05) is 19.0 Å². The molecule has 0 saturated heterocycles. The van der Waals surface area contributed by atoms with Crippen molar-refractivity contribution in [1.82, 2.24) is 10.2 Å². The summed E-state index contributed by atoms with van der Waals surface area (Å²) in [5, 5.41) is 3.33. The van der Waals surface area contributed by atoms with Crippen molar-refractivity contribution in [2.24, 2.45) is 0 Å². The Morgan fingerprint density at radius 3 is 2.50 bits per heavy atom. The summed E-state index contributed by atoms with van der Waals surface area (Å²) in [5.74, 6) is -0.0758. The largest absolute Gasteiger partial charge is 0.355 e. The Labute approximate surface area is 149 Å². The van der Waals surface area contributed by atoms with Crippen molar-refractivity contribution in [2.45, 2.75) is 19.8 Å². The summed E-state index contributed by atoms with van der Waals surface area (Å²) in [6.07, 6.45) is 1.87. The third-order valence-electron chi connectivity index (χ3n) is 3.55. The van der Waals surface area contributed by atoms with Crippen LogP contribution in [0.25, 0.3) is 0 Å². The van der Waals surface area contributed by atoms with Crippen LogP contribution in [0.3, 0.4) is 0 Å². The molecule has 8 heteroatoms. The number of carbonyl (C=O) groups excluding carboxylic acids is 1. The van der Waals surface area contributed by atoms with E-state index in [4.69, 9.17) is 11.6 Å². The quantitative estimate of drug-likeness (QED) is 0.715. The number of amides is 1. The fraction of sp³-hybridized carbons (Fsp3) is 0.562. The first-order chi connectivity index (χ1) is 11.1. The normalized spacial score (nSPS) is 11.6. The third-order valence-corrected chi connectivity index (χ3v) is 5.14. The number of anilines is 1. The lowest BCUT2D eigenvalue weighted by atomic mass is 10.2. The molecule has 0 fully saturated rings. The second-order valence-corrected chi connectivity index (χ2v) is 8.29. The van der Waals surface area contributed by atoms with Gasteiger partial charge in [-0.1, -0.05) is 17.7 Å². The topological polar surface area (TPSA) is 69.7 Å². The predicted octanol–water partition coefficient (Wildman–Crippen LogP) is 1.87. The van der Waals surface area contributed by atoms with Gasteiger partial charge in [-0.05, 0) is 45.1 Å². The Hall–Kier alpha value is -1.31. The van der Waals surface area contributed by atoms with Crippen LogP contribution in [-0.2, 0) is 14.8 Å². The molecular weight excluding hydrogens is 350 g/mol. The molecule has 24 heavy (non-hydrogen) atoms. The summed E-state index contributed by atoms with van der Waals surface area (Å²) in [4.78, 5) is 13.8. The third kappa shape index (κ3) is 6.67. The number of nitrogens with one attached hydrogen (secondary N) is 1. The van der Waals surface area contributed by atoms with E-state index in [0.717, 1.165) is 12.8 Å². The summed E-state index contributed by atoms with van der Waals surface area (Å²) < 4.78 is 25.5. The lowest BCUT2D eigenvalue weighted by Crippen LogP contribution is -2.34. The van der Waals surface area contributed by atoms with Crippen LogP contribution >= 0.6 is 11.6 Å². The van der Waals surface area contributed by atoms with Crippen LogP contribution < -0.4 is 9.62 Å². The Balaban J connectivity index is 2.66. The van der Waals surface area contributed by atoms with Gasteiger partial charge in [-0.2, -0.15) is 0 Å². The first-order valence-electron chi connectivity index (χ1n) is 7.77.